The van der Waals surface area contributed by atoms with Gasteiger partial charge < -0.3 is 19.7 Å². The van der Waals surface area contributed by atoms with Crippen molar-refractivity contribution in [2.45, 2.75) is 149 Å². The zero-order valence-electron chi connectivity index (χ0n) is 45.2. The Bertz CT molecular complexity index is 3210. The molecular weight excluding hydrogens is 1000 g/mol. The lowest BCUT2D eigenvalue weighted by atomic mass is 9.98. The number of thiophene rings is 4. The molecule has 0 radical (unpaired) electrons. The molecule has 0 spiro atoms. The quantitative estimate of drug-likeness (QED) is 0.0375. The van der Waals surface area contributed by atoms with E-state index in [1.807, 2.05) is 36.2 Å². The molecule has 0 saturated carbocycles. The highest BCUT2D eigenvalue weighted by Crippen LogP contribution is 2.51. The first kappa shape index (κ1) is 54.5. The van der Waals surface area contributed by atoms with Gasteiger partial charge in [0.25, 0.3) is 11.8 Å². The molecule has 0 bridgehead atoms. The number of aldehydes is 1. The maximum absolute atomic E-state index is 15.2. The highest BCUT2D eigenvalue weighted by Gasteiger charge is 2.49. The third-order valence-corrected chi connectivity index (χ3v) is 20.3. The van der Waals surface area contributed by atoms with Crippen LogP contribution in [0.3, 0.4) is 0 Å². The fraction of sp³-hybridized carbons (Fsp3) is 0.422. The van der Waals surface area contributed by atoms with Gasteiger partial charge in [0.2, 0.25) is 0 Å². The standard InChI is InChI=1S/C64H76N4O3S4/c1-8-12-15-17-19-21-24-46(25-22-20-18-16-13-9-2)68-50-38-44(53-33-32-52(73-53)42(5)65-6)26-29-48(50)49-30-27-45(39-51(49)68)54-34-36-58(74-54)62-60-59(64(71)67(62)40-43(11-4)23-14-10-3)61(66(7)63(60)70)57-37-35-56(75-57)55-31-28-47(41-69)72-55/h26-39,41,43,46,65H,5,8-25,40H2,1-4,6-7H3. The molecule has 1 atom stereocenters. The minimum Gasteiger partial charge on any atom is -0.387 e. The lowest BCUT2D eigenvalue weighted by Crippen LogP contribution is -2.32. The van der Waals surface area contributed by atoms with Crippen molar-refractivity contribution >= 4 is 102 Å². The molecule has 2 aliphatic rings. The summed E-state index contributed by atoms with van der Waals surface area (Å²) in [5.41, 5.74) is 8.32. The Morgan fingerprint density at radius 3 is 1.69 bits per heavy atom. The molecule has 0 saturated heterocycles. The summed E-state index contributed by atoms with van der Waals surface area (Å²) in [6.45, 7) is 13.9. The Labute approximate surface area is 462 Å². The minimum atomic E-state index is -0.144. The van der Waals surface area contributed by atoms with Crippen molar-refractivity contribution in [1.29, 1.82) is 0 Å². The van der Waals surface area contributed by atoms with Gasteiger partial charge in [0.1, 0.15) is 0 Å². The number of fused-ring (bicyclic) bond motifs is 4. The topological polar surface area (TPSA) is 74.7 Å². The summed E-state index contributed by atoms with van der Waals surface area (Å²) in [7, 11) is 3.74. The van der Waals surface area contributed by atoms with Crippen molar-refractivity contribution in [3.05, 3.63) is 122 Å². The third kappa shape index (κ3) is 11.5. The highest BCUT2D eigenvalue weighted by molar-refractivity contribution is 7.23. The number of hydrogen-bond acceptors (Lipinski definition) is 8. The van der Waals surface area contributed by atoms with Crippen LogP contribution in [0.4, 0.5) is 0 Å². The number of rotatable bonds is 29. The number of carbonyl (C=O) groups is 3. The molecule has 11 heteroatoms. The molecule has 1 N–H and O–H groups in total. The zero-order chi connectivity index (χ0) is 52.6. The van der Waals surface area contributed by atoms with Crippen LogP contribution in [0.2, 0.25) is 0 Å². The summed E-state index contributed by atoms with van der Waals surface area (Å²) in [5, 5.41) is 5.81. The van der Waals surface area contributed by atoms with E-state index in [1.54, 1.807) is 46.0 Å². The number of carbonyl (C=O) groups excluding carboxylic acids is 3. The van der Waals surface area contributed by atoms with E-state index in [0.717, 1.165) is 91.0 Å². The Morgan fingerprint density at radius 1 is 0.573 bits per heavy atom. The molecular formula is C64H76N4O3S4. The Hall–Kier alpha value is -5.33. The second-order valence-electron chi connectivity index (χ2n) is 20.8. The summed E-state index contributed by atoms with van der Waals surface area (Å²) in [6, 6.07) is 31.2. The first-order chi connectivity index (χ1) is 36.6. The molecule has 2 amide bonds. The van der Waals surface area contributed by atoms with E-state index in [9.17, 15) is 9.59 Å². The van der Waals surface area contributed by atoms with Crippen LogP contribution in [-0.4, -0.2) is 53.1 Å². The van der Waals surface area contributed by atoms with Gasteiger partial charge in [-0.05, 0) is 97.0 Å². The van der Waals surface area contributed by atoms with Crippen LogP contribution in [0.25, 0.3) is 69.5 Å². The lowest BCUT2D eigenvalue weighted by Gasteiger charge is -2.26. The smallest absolute Gasteiger partial charge is 0.261 e. The van der Waals surface area contributed by atoms with Gasteiger partial charge >= 0.3 is 0 Å². The van der Waals surface area contributed by atoms with Gasteiger partial charge in [0.05, 0.1) is 53.1 Å². The molecule has 75 heavy (non-hydrogen) atoms. The Kier molecular flexibility index (Phi) is 18.3. The van der Waals surface area contributed by atoms with Crippen molar-refractivity contribution in [2.75, 3.05) is 20.6 Å². The molecule has 7 nitrogen and oxygen atoms in total. The monoisotopic (exact) mass is 1080 g/mol. The summed E-state index contributed by atoms with van der Waals surface area (Å²) >= 11 is 6.49. The molecule has 7 heterocycles. The largest absolute Gasteiger partial charge is 0.387 e. The van der Waals surface area contributed by atoms with Crippen LogP contribution < -0.4 is 5.32 Å². The number of amides is 2. The van der Waals surface area contributed by atoms with Crippen molar-refractivity contribution in [2.24, 2.45) is 5.92 Å². The predicted octanol–water partition coefficient (Wildman–Crippen LogP) is 18.7. The van der Waals surface area contributed by atoms with Crippen LogP contribution in [0.5, 0.6) is 0 Å². The molecule has 2 aromatic carbocycles. The molecule has 1 unspecified atom stereocenters. The maximum atomic E-state index is 15.2. The molecule has 2 aliphatic heterocycles. The summed E-state index contributed by atoms with van der Waals surface area (Å²) in [4.78, 5) is 53.1. The average molecular weight is 1080 g/mol. The maximum Gasteiger partial charge on any atom is 0.261 e. The first-order valence-corrected chi connectivity index (χ1v) is 31.3. The Balaban J connectivity index is 1.14. The summed E-state index contributed by atoms with van der Waals surface area (Å²) < 4.78 is 2.73. The van der Waals surface area contributed by atoms with E-state index in [1.165, 1.54) is 121 Å². The van der Waals surface area contributed by atoms with E-state index in [-0.39, 0.29) is 11.8 Å². The van der Waals surface area contributed by atoms with Crippen molar-refractivity contribution in [3.8, 4) is 30.6 Å². The van der Waals surface area contributed by atoms with Gasteiger partial charge in [-0.2, -0.15) is 0 Å². The van der Waals surface area contributed by atoms with E-state index >= 15 is 4.79 Å². The summed E-state index contributed by atoms with van der Waals surface area (Å²) in [6.07, 6.45) is 22.7. The van der Waals surface area contributed by atoms with Crippen LogP contribution >= 0.6 is 45.3 Å². The van der Waals surface area contributed by atoms with Crippen LogP contribution in [-0.2, 0) is 9.59 Å². The fourth-order valence-corrected chi connectivity index (χ4v) is 15.4. The van der Waals surface area contributed by atoms with E-state index < -0.39 is 0 Å². The second-order valence-corrected chi connectivity index (χ2v) is 25.2. The van der Waals surface area contributed by atoms with Crippen molar-refractivity contribution in [1.82, 2.24) is 19.7 Å². The predicted molar refractivity (Wildman–Crippen MR) is 324 cm³/mol. The number of nitrogens with one attached hydrogen (secondary N) is 1. The first-order valence-electron chi connectivity index (χ1n) is 28.0. The molecule has 0 aliphatic carbocycles. The Morgan fingerprint density at radius 2 is 1.09 bits per heavy atom. The number of hydrogen-bond donors (Lipinski definition) is 1. The van der Waals surface area contributed by atoms with Gasteiger partial charge in [-0.1, -0.05) is 155 Å². The summed E-state index contributed by atoms with van der Waals surface area (Å²) in [5.74, 6) is 0.0678. The lowest BCUT2D eigenvalue weighted by molar-refractivity contribution is -0.124. The molecule has 7 aromatic rings. The zero-order valence-corrected chi connectivity index (χ0v) is 48.4. The van der Waals surface area contributed by atoms with Gasteiger partial charge in [0, 0.05) is 62.7 Å². The van der Waals surface area contributed by atoms with E-state index in [4.69, 9.17) is 0 Å². The van der Waals surface area contributed by atoms with Crippen LogP contribution in [0.15, 0.2) is 103 Å². The number of likely N-dealkylation sites (N-methyl/N-ethyl adjacent to an activating group) is 1. The number of nitrogens with zero attached hydrogens (tertiary/aromatic N) is 3. The van der Waals surface area contributed by atoms with Gasteiger partial charge in [-0.15, -0.1) is 45.3 Å². The molecule has 5 aromatic heterocycles. The van der Waals surface area contributed by atoms with Crippen LogP contribution in [0, 0.1) is 5.92 Å². The molecule has 0 fully saturated rings. The second kappa shape index (κ2) is 25.2. The van der Waals surface area contributed by atoms with Gasteiger partial charge in [-0.3, -0.25) is 14.4 Å². The minimum absolute atomic E-state index is 0.0928. The SMILES string of the molecule is C=C(NC)c1ccc(-c2ccc3c4ccc(-c5ccc(C6=C7C(=O)N(C)C(c8ccc(-c9ccc(C=O)s9)s8)=C7C(=O)N6CC(CC)CCCC)s5)cc4n(C(CCCCCCCC)CCCCCCCC)c3c2)s1. The number of benzene rings is 2. The fourth-order valence-electron chi connectivity index (χ4n) is 11.4. The average Bonchev–Trinajstić information content (AvgIpc) is 4.32. The van der Waals surface area contributed by atoms with Gasteiger partial charge in [-0.25, -0.2) is 0 Å². The van der Waals surface area contributed by atoms with Crippen LogP contribution in [0.1, 0.15) is 174 Å². The number of unbranched alkanes of at least 4 members (excludes halogenated alkanes) is 11. The molecule has 9 rings (SSSR count). The van der Waals surface area contributed by atoms with Crippen molar-refractivity contribution in [3.63, 3.8) is 0 Å². The van der Waals surface area contributed by atoms with E-state index in [0.29, 0.717) is 40.2 Å². The van der Waals surface area contributed by atoms with Gasteiger partial charge in [0.15, 0.2) is 6.29 Å². The van der Waals surface area contributed by atoms with Crippen molar-refractivity contribution < 1.29 is 14.4 Å². The third-order valence-electron chi connectivity index (χ3n) is 15.7. The number of aromatic nitrogens is 1. The highest BCUT2D eigenvalue weighted by atomic mass is 32.1. The normalized spacial score (nSPS) is 14.3. The van der Waals surface area contributed by atoms with E-state index in [2.05, 4.69) is 105 Å². The molecule has 394 valence electrons.